The van der Waals surface area contributed by atoms with Crippen LogP contribution < -0.4 is 10.1 Å². The van der Waals surface area contributed by atoms with Crippen LogP contribution in [0.1, 0.15) is 36.0 Å². The zero-order valence-electron chi connectivity index (χ0n) is 13.2. The van der Waals surface area contributed by atoms with Gasteiger partial charge in [-0.25, -0.2) is 0 Å². The number of hydrogen-bond donors (Lipinski definition) is 1. The molecule has 1 aliphatic heterocycles. The van der Waals surface area contributed by atoms with Gasteiger partial charge in [0.25, 0.3) is 5.91 Å². The second kappa shape index (κ2) is 7.21. The largest absolute Gasteiger partial charge is 0.489 e. The Labute approximate surface area is 145 Å². The van der Waals surface area contributed by atoms with Crippen LogP contribution in [0.15, 0.2) is 18.2 Å². The van der Waals surface area contributed by atoms with E-state index >= 15 is 0 Å². The highest BCUT2D eigenvalue weighted by Gasteiger charge is 2.29. The Morgan fingerprint density at radius 1 is 1.33 bits per heavy atom. The molecule has 6 nitrogen and oxygen atoms in total. The number of ether oxygens (including phenoxy) is 1. The predicted octanol–water partition coefficient (Wildman–Crippen LogP) is 1.80. The molecule has 1 saturated carbocycles. The van der Waals surface area contributed by atoms with Crippen LogP contribution in [0.25, 0.3) is 0 Å². The van der Waals surface area contributed by atoms with Crippen LogP contribution in [-0.2, 0) is 9.59 Å². The standard InChI is InChI=1S/C17H19ClN2O4/c18-16-13(4-1-5-14(16)24-12-6-7-12)17(23)19-9-15(22)20-8-2-3-11(20)10-21/h1,4-5,10-12H,2-3,6-9H2,(H,19,23)/t11-/m0/s1. The van der Waals surface area contributed by atoms with Crippen molar-refractivity contribution in [3.05, 3.63) is 28.8 Å². The molecule has 2 amide bonds. The number of nitrogens with one attached hydrogen (secondary N) is 1. The number of halogens is 1. The molecule has 1 atom stereocenters. The Balaban J connectivity index is 1.60. The van der Waals surface area contributed by atoms with Gasteiger partial charge in [0.2, 0.25) is 5.91 Å². The molecule has 2 fully saturated rings. The fraction of sp³-hybridized carbons (Fsp3) is 0.471. The summed E-state index contributed by atoms with van der Waals surface area (Å²) in [6, 6.07) is 4.63. The Kier molecular flexibility index (Phi) is 5.04. The van der Waals surface area contributed by atoms with Crippen LogP contribution in [-0.4, -0.2) is 48.2 Å². The van der Waals surface area contributed by atoms with Gasteiger partial charge in [0.15, 0.2) is 0 Å². The highest BCUT2D eigenvalue weighted by atomic mass is 35.5. The number of likely N-dealkylation sites (tertiary alicyclic amines) is 1. The minimum atomic E-state index is -0.434. The van der Waals surface area contributed by atoms with E-state index in [1.165, 1.54) is 4.90 Å². The molecule has 1 saturated heterocycles. The maximum Gasteiger partial charge on any atom is 0.253 e. The summed E-state index contributed by atoms with van der Waals surface area (Å²) >= 11 is 6.24. The number of amides is 2. The first-order chi connectivity index (χ1) is 11.6. The first kappa shape index (κ1) is 16.8. The van der Waals surface area contributed by atoms with Crippen molar-refractivity contribution in [2.24, 2.45) is 0 Å². The van der Waals surface area contributed by atoms with E-state index in [9.17, 15) is 14.4 Å². The van der Waals surface area contributed by atoms with E-state index in [-0.39, 0.29) is 35.2 Å². The third-order valence-corrected chi connectivity index (χ3v) is 4.59. The van der Waals surface area contributed by atoms with Crippen LogP contribution in [0.5, 0.6) is 5.75 Å². The second-order valence-electron chi connectivity index (χ2n) is 6.05. The van der Waals surface area contributed by atoms with Gasteiger partial charge in [0.05, 0.1) is 29.3 Å². The molecule has 2 aliphatic rings. The summed E-state index contributed by atoms with van der Waals surface area (Å²) in [7, 11) is 0. The monoisotopic (exact) mass is 350 g/mol. The summed E-state index contributed by atoms with van der Waals surface area (Å²) in [6.07, 6.45) is 4.43. The van der Waals surface area contributed by atoms with E-state index in [0.29, 0.717) is 18.7 Å². The zero-order valence-corrected chi connectivity index (χ0v) is 13.9. The topological polar surface area (TPSA) is 75.7 Å². The smallest absolute Gasteiger partial charge is 0.253 e. The molecule has 0 aromatic heterocycles. The molecule has 0 radical (unpaired) electrons. The molecule has 0 unspecified atom stereocenters. The molecule has 3 rings (SSSR count). The Morgan fingerprint density at radius 2 is 2.12 bits per heavy atom. The van der Waals surface area contributed by atoms with E-state index in [1.54, 1.807) is 18.2 Å². The molecule has 128 valence electrons. The highest BCUT2D eigenvalue weighted by Crippen LogP contribution is 2.33. The van der Waals surface area contributed by atoms with Crippen molar-refractivity contribution < 1.29 is 19.1 Å². The lowest BCUT2D eigenvalue weighted by molar-refractivity contribution is -0.133. The maximum absolute atomic E-state index is 12.3. The molecular weight excluding hydrogens is 332 g/mol. The molecule has 0 spiro atoms. The van der Waals surface area contributed by atoms with Crippen LogP contribution in [0, 0.1) is 0 Å². The van der Waals surface area contributed by atoms with Gasteiger partial charge in [-0.1, -0.05) is 17.7 Å². The van der Waals surface area contributed by atoms with Crippen molar-refractivity contribution in [2.75, 3.05) is 13.1 Å². The van der Waals surface area contributed by atoms with E-state index in [1.807, 2.05) is 0 Å². The molecule has 1 aromatic carbocycles. The van der Waals surface area contributed by atoms with Crippen LogP contribution in [0.2, 0.25) is 5.02 Å². The lowest BCUT2D eigenvalue weighted by atomic mass is 10.2. The number of nitrogens with zero attached hydrogens (tertiary/aromatic N) is 1. The Hall–Kier alpha value is -2.08. The minimum Gasteiger partial charge on any atom is -0.489 e. The number of carbonyl (C=O) groups is 3. The van der Waals surface area contributed by atoms with Crippen molar-refractivity contribution in [3.8, 4) is 5.75 Å². The van der Waals surface area contributed by atoms with Crippen molar-refractivity contribution in [2.45, 2.75) is 37.8 Å². The number of carbonyl (C=O) groups excluding carboxylic acids is 3. The Morgan fingerprint density at radius 3 is 2.83 bits per heavy atom. The second-order valence-corrected chi connectivity index (χ2v) is 6.43. The summed E-state index contributed by atoms with van der Waals surface area (Å²) in [5.74, 6) is -0.213. The van der Waals surface area contributed by atoms with E-state index < -0.39 is 5.91 Å². The van der Waals surface area contributed by atoms with Crippen LogP contribution >= 0.6 is 11.6 Å². The summed E-state index contributed by atoms with van der Waals surface area (Å²) in [5.41, 5.74) is 0.274. The lowest BCUT2D eigenvalue weighted by Gasteiger charge is -2.20. The van der Waals surface area contributed by atoms with Crippen molar-refractivity contribution >= 4 is 29.7 Å². The van der Waals surface area contributed by atoms with Gasteiger partial charge >= 0.3 is 0 Å². The summed E-state index contributed by atoms with van der Waals surface area (Å²) in [5, 5.41) is 2.82. The first-order valence-corrected chi connectivity index (χ1v) is 8.46. The molecule has 24 heavy (non-hydrogen) atoms. The molecule has 1 N–H and O–H groups in total. The van der Waals surface area contributed by atoms with Crippen molar-refractivity contribution in [1.29, 1.82) is 0 Å². The number of hydrogen-bond acceptors (Lipinski definition) is 4. The number of rotatable bonds is 6. The average molecular weight is 351 g/mol. The molecular formula is C17H19ClN2O4. The molecule has 0 bridgehead atoms. The van der Waals surface area contributed by atoms with E-state index in [2.05, 4.69) is 5.32 Å². The van der Waals surface area contributed by atoms with Gasteiger partial charge in [-0.15, -0.1) is 0 Å². The van der Waals surface area contributed by atoms with E-state index in [4.69, 9.17) is 16.3 Å². The maximum atomic E-state index is 12.3. The normalized spacial score (nSPS) is 19.9. The van der Waals surface area contributed by atoms with Gasteiger partial charge in [-0.3, -0.25) is 9.59 Å². The zero-order chi connectivity index (χ0) is 17.1. The third kappa shape index (κ3) is 3.70. The number of benzene rings is 1. The summed E-state index contributed by atoms with van der Waals surface area (Å²) in [6.45, 7) is 0.386. The molecule has 1 heterocycles. The van der Waals surface area contributed by atoms with Crippen LogP contribution in [0.3, 0.4) is 0 Å². The summed E-state index contributed by atoms with van der Waals surface area (Å²) in [4.78, 5) is 36.9. The summed E-state index contributed by atoms with van der Waals surface area (Å²) < 4.78 is 5.66. The fourth-order valence-electron chi connectivity index (χ4n) is 2.74. The van der Waals surface area contributed by atoms with Crippen molar-refractivity contribution in [3.63, 3.8) is 0 Å². The van der Waals surface area contributed by atoms with Gasteiger partial charge in [0, 0.05) is 6.54 Å². The van der Waals surface area contributed by atoms with E-state index in [0.717, 1.165) is 25.5 Å². The van der Waals surface area contributed by atoms with Gasteiger partial charge in [-0.05, 0) is 37.8 Å². The lowest BCUT2D eigenvalue weighted by Crippen LogP contribution is -2.43. The SMILES string of the molecule is O=C[C@@H]1CCCN1C(=O)CNC(=O)c1cccc(OC2CC2)c1Cl. The number of aldehydes is 1. The first-order valence-electron chi connectivity index (χ1n) is 8.08. The Bertz CT molecular complexity index is 660. The quantitative estimate of drug-likeness (QED) is 0.794. The van der Waals surface area contributed by atoms with Gasteiger partial charge < -0.3 is 19.7 Å². The fourth-order valence-corrected chi connectivity index (χ4v) is 3.00. The highest BCUT2D eigenvalue weighted by molar-refractivity contribution is 6.35. The predicted molar refractivity (Wildman–Crippen MR) is 88.2 cm³/mol. The molecule has 1 aliphatic carbocycles. The third-order valence-electron chi connectivity index (χ3n) is 4.20. The van der Waals surface area contributed by atoms with Crippen LogP contribution in [0.4, 0.5) is 0 Å². The minimum absolute atomic E-state index is 0.160. The molecule has 7 heteroatoms. The average Bonchev–Trinajstić information content (AvgIpc) is 3.27. The van der Waals surface area contributed by atoms with Gasteiger partial charge in [-0.2, -0.15) is 0 Å². The molecule has 1 aromatic rings. The van der Waals surface area contributed by atoms with Gasteiger partial charge in [0.1, 0.15) is 12.0 Å². The van der Waals surface area contributed by atoms with Crippen molar-refractivity contribution in [1.82, 2.24) is 10.2 Å².